The number of nitrogens with two attached hydrogens (primary N) is 1. The predicted molar refractivity (Wildman–Crippen MR) is 69.1 cm³/mol. The molecule has 0 radical (unpaired) electrons. The minimum atomic E-state index is -4.82. The summed E-state index contributed by atoms with van der Waals surface area (Å²) in [5.74, 6) is -1.91. The normalized spacial score (nSPS) is 15.7. The number of amides is 1. The highest BCUT2D eigenvalue weighted by Gasteiger charge is 2.36. The van der Waals surface area contributed by atoms with Crippen LogP contribution in [-0.2, 0) is 6.18 Å². The van der Waals surface area contributed by atoms with Crippen molar-refractivity contribution in [1.29, 1.82) is 0 Å². The van der Waals surface area contributed by atoms with E-state index in [1.54, 1.807) is 0 Å². The highest BCUT2D eigenvalue weighted by Crippen LogP contribution is 2.33. The smallest absolute Gasteiger partial charge is 0.334 e. The summed E-state index contributed by atoms with van der Waals surface area (Å²) in [6.45, 7) is 0.512. The zero-order valence-electron chi connectivity index (χ0n) is 11.3. The van der Waals surface area contributed by atoms with Gasteiger partial charge in [0.05, 0.1) is 5.56 Å². The molecule has 2 rings (SSSR count). The third kappa shape index (κ3) is 3.34. The van der Waals surface area contributed by atoms with Crippen LogP contribution < -0.4 is 5.73 Å². The first-order valence-corrected chi connectivity index (χ1v) is 6.72. The number of halogens is 4. The third-order valence-corrected chi connectivity index (χ3v) is 3.67. The van der Waals surface area contributed by atoms with Gasteiger partial charge in [-0.15, -0.1) is 0 Å². The van der Waals surface area contributed by atoms with Gasteiger partial charge in [0.2, 0.25) is 0 Å². The largest absolute Gasteiger partial charge is 0.419 e. The Morgan fingerprint density at radius 1 is 1.33 bits per heavy atom. The average molecular weight is 304 g/mol. The molecule has 0 atom stereocenters. The van der Waals surface area contributed by atoms with Crippen molar-refractivity contribution in [2.24, 2.45) is 5.73 Å². The lowest BCUT2D eigenvalue weighted by atomic mass is 9.91. The third-order valence-electron chi connectivity index (χ3n) is 3.67. The van der Waals surface area contributed by atoms with Crippen LogP contribution in [0.4, 0.5) is 17.6 Å². The Balaban J connectivity index is 2.29. The molecule has 3 nitrogen and oxygen atoms in total. The minimum absolute atomic E-state index is 0.0143. The Morgan fingerprint density at radius 2 is 2.00 bits per heavy atom. The van der Waals surface area contributed by atoms with Gasteiger partial charge in [0.15, 0.2) is 0 Å². The average Bonchev–Trinajstić information content (AvgIpc) is 2.34. The standard InChI is InChI=1S/C14H16F4N2O/c15-12-5-4-9(8-11(12)14(16,17)18)13(21)20(7-6-19)10-2-1-3-10/h4-5,8,10H,1-3,6-7,19H2. The van der Waals surface area contributed by atoms with Crippen molar-refractivity contribution in [2.75, 3.05) is 13.1 Å². The van der Waals surface area contributed by atoms with Gasteiger partial charge >= 0.3 is 6.18 Å². The number of carbonyl (C=O) groups excluding carboxylic acids is 1. The molecule has 21 heavy (non-hydrogen) atoms. The Morgan fingerprint density at radius 3 is 2.48 bits per heavy atom. The number of rotatable bonds is 4. The van der Waals surface area contributed by atoms with Gasteiger partial charge in [0.25, 0.3) is 5.91 Å². The molecule has 0 saturated heterocycles. The molecular weight excluding hydrogens is 288 g/mol. The van der Waals surface area contributed by atoms with Crippen molar-refractivity contribution in [1.82, 2.24) is 4.90 Å². The topological polar surface area (TPSA) is 46.3 Å². The first-order chi connectivity index (χ1) is 9.84. The summed E-state index contributed by atoms with van der Waals surface area (Å²) in [4.78, 5) is 13.8. The quantitative estimate of drug-likeness (QED) is 0.870. The fourth-order valence-electron chi connectivity index (χ4n) is 2.33. The predicted octanol–water partition coefficient (Wildman–Crippen LogP) is 2.80. The van der Waals surface area contributed by atoms with E-state index < -0.39 is 23.5 Å². The van der Waals surface area contributed by atoms with Gasteiger partial charge in [0.1, 0.15) is 5.82 Å². The summed E-state index contributed by atoms with van der Waals surface area (Å²) in [6.07, 6.45) is -2.20. The summed E-state index contributed by atoms with van der Waals surface area (Å²) in [5, 5.41) is 0. The summed E-state index contributed by atoms with van der Waals surface area (Å²) < 4.78 is 51.3. The molecule has 1 aliphatic rings. The SMILES string of the molecule is NCCN(C(=O)c1ccc(F)c(C(F)(F)F)c1)C1CCC1. The van der Waals surface area contributed by atoms with E-state index in [1.165, 1.54) is 4.90 Å². The van der Waals surface area contributed by atoms with E-state index >= 15 is 0 Å². The summed E-state index contributed by atoms with van der Waals surface area (Å²) in [6, 6.07) is 2.34. The van der Waals surface area contributed by atoms with Crippen LogP contribution in [0.2, 0.25) is 0 Å². The van der Waals surface area contributed by atoms with E-state index in [9.17, 15) is 22.4 Å². The minimum Gasteiger partial charge on any atom is -0.334 e. The first-order valence-electron chi connectivity index (χ1n) is 6.72. The van der Waals surface area contributed by atoms with Crippen molar-refractivity contribution >= 4 is 5.91 Å². The zero-order chi connectivity index (χ0) is 15.6. The van der Waals surface area contributed by atoms with Crippen molar-refractivity contribution in [2.45, 2.75) is 31.5 Å². The summed E-state index contributed by atoms with van der Waals surface area (Å²) in [7, 11) is 0. The van der Waals surface area contributed by atoms with Gasteiger partial charge in [-0.1, -0.05) is 0 Å². The monoisotopic (exact) mass is 304 g/mol. The second-order valence-corrected chi connectivity index (χ2v) is 5.06. The van der Waals surface area contributed by atoms with E-state index in [2.05, 4.69) is 0 Å². The van der Waals surface area contributed by atoms with E-state index in [-0.39, 0.29) is 24.7 Å². The van der Waals surface area contributed by atoms with Gasteiger partial charge in [-0.25, -0.2) is 4.39 Å². The van der Waals surface area contributed by atoms with Gasteiger partial charge in [0, 0.05) is 24.7 Å². The fraction of sp³-hybridized carbons (Fsp3) is 0.500. The van der Waals surface area contributed by atoms with E-state index in [1.807, 2.05) is 0 Å². The lowest BCUT2D eigenvalue weighted by Crippen LogP contribution is -2.46. The van der Waals surface area contributed by atoms with Crippen LogP contribution in [0, 0.1) is 5.82 Å². The number of nitrogens with zero attached hydrogens (tertiary/aromatic N) is 1. The van der Waals surface area contributed by atoms with E-state index in [0.29, 0.717) is 12.1 Å². The molecule has 1 aliphatic carbocycles. The molecule has 0 aromatic heterocycles. The first kappa shape index (κ1) is 15.8. The van der Waals surface area contributed by atoms with Crippen LogP contribution >= 0.6 is 0 Å². The van der Waals surface area contributed by atoms with Crippen LogP contribution in [0.1, 0.15) is 35.2 Å². The Labute approximate surface area is 119 Å². The van der Waals surface area contributed by atoms with Gasteiger partial charge in [-0.3, -0.25) is 4.79 Å². The lowest BCUT2D eigenvalue weighted by molar-refractivity contribution is -0.140. The summed E-state index contributed by atoms with van der Waals surface area (Å²) in [5.41, 5.74) is 3.87. The molecule has 0 bridgehead atoms. The molecule has 1 aromatic carbocycles. The van der Waals surface area contributed by atoms with Crippen LogP contribution in [0.5, 0.6) is 0 Å². The molecule has 1 saturated carbocycles. The van der Waals surface area contributed by atoms with Gasteiger partial charge in [-0.05, 0) is 37.5 Å². The molecule has 1 amide bonds. The maximum absolute atomic E-state index is 13.2. The molecule has 1 fully saturated rings. The molecule has 0 spiro atoms. The van der Waals surface area contributed by atoms with Gasteiger partial charge in [-0.2, -0.15) is 13.2 Å². The molecule has 116 valence electrons. The maximum Gasteiger partial charge on any atom is 0.419 e. The molecular formula is C14H16F4N2O. The Kier molecular flexibility index (Phi) is 4.51. The van der Waals surface area contributed by atoms with E-state index in [4.69, 9.17) is 5.73 Å². The van der Waals surface area contributed by atoms with Gasteiger partial charge < -0.3 is 10.6 Å². The maximum atomic E-state index is 13.2. The number of carbonyl (C=O) groups is 1. The second-order valence-electron chi connectivity index (χ2n) is 5.06. The molecule has 7 heteroatoms. The van der Waals surface area contributed by atoms with Crippen molar-refractivity contribution in [3.05, 3.63) is 35.1 Å². The molecule has 0 aliphatic heterocycles. The van der Waals surface area contributed by atoms with Crippen molar-refractivity contribution in [3.63, 3.8) is 0 Å². The Bertz CT molecular complexity index is 526. The van der Waals surface area contributed by atoms with E-state index in [0.717, 1.165) is 25.3 Å². The fourth-order valence-corrected chi connectivity index (χ4v) is 2.33. The number of benzene rings is 1. The van der Waals surface area contributed by atoms with Crippen LogP contribution in [-0.4, -0.2) is 29.9 Å². The molecule has 0 unspecified atom stereocenters. The lowest BCUT2D eigenvalue weighted by Gasteiger charge is -2.37. The van der Waals surface area contributed by atoms with Crippen LogP contribution in [0.25, 0.3) is 0 Å². The van der Waals surface area contributed by atoms with Crippen LogP contribution in [0.15, 0.2) is 18.2 Å². The number of hydrogen-bond acceptors (Lipinski definition) is 2. The molecule has 2 N–H and O–H groups in total. The number of alkyl halides is 3. The Hall–Kier alpha value is -1.63. The van der Waals surface area contributed by atoms with Crippen LogP contribution in [0.3, 0.4) is 0 Å². The number of hydrogen-bond donors (Lipinski definition) is 1. The highest BCUT2D eigenvalue weighted by atomic mass is 19.4. The second kappa shape index (κ2) is 6.01. The summed E-state index contributed by atoms with van der Waals surface area (Å²) >= 11 is 0. The van der Waals surface area contributed by atoms with Crippen molar-refractivity contribution < 1.29 is 22.4 Å². The zero-order valence-corrected chi connectivity index (χ0v) is 11.3. The molecule has 1 aromatic rings. The molecule has 0 heterocycles. The van der Waals surface area contributed by atoms with Crippen molar-refractivity contribution in [3.8, 4) is 0 Å². The highest BCUT2D eigenvalue weighted by molar-refractivity contribution is 5.94.